The zero-order valence-corrected chi connectivity index (χ0v) is 8.34. The van der Waals surface area contributed by atoms with Crippen LogP contribution >= 0.6 is 11.6 Å². The standard InChI is InChI=1S/C9H10ClN3/c1-3-4-7-13(2)8-5-6-11-9(10)12-8/h5-6H,7H2,1-2H3. The van der Waals surface area contributed by atoms with Gasteiger partial charge in [0.1, 0.15) is 5.82 Å². The molecule has 0 spiro atoms. The van der Waals surface area contributed by atoms with E-state index < -0.39 is 0 Å². The van der Waals surface area contributed by atoms with Crippen LogP contribution in [-0.2, 0) is 0 Å². The van der Waals surface area contributed by atoms with Crippen molar-refractivity contribution in [2.45, 2.75) is 6.92 Å². The Labute approximate surface area is 82.8 Å². The lowest BCUT2D eigenvalue weighted by Crippen LogP contribution is -2.18. The number of hydrogen-bond donors (Lipinski definition) is 0. The molecular weight excluding hydrogens is 186 g/mol. The Bertz CT molecular complexity index is 340. The molecule has 0 atom stereocenters. The molecule has 0 amide bonds. The summed E-state index contributed by atoms with van der Waals surface area (Å²) in [5, 5.41) is 0.258. The topological polar surface area (TPSA) is 29.0 Å². The molecule has 1 rings (SSSR count). The first-order chi connectivity index (χ1) is 6.24. The van der Waals surface area contributed by atoms with Crippen molar-refractivity contribution in [2.75, 3.05) is 18.5 Å². The summed E-state index contributed by atoms with van der Waals surface area (Å²) in [6, 6.07) is 1.79. The molecular formula is C9H10ClN3. The highest BCUT2D eigenvalue weighted by Crippen LogP contribution is 2.09. The van der Waals surface area contributed by atoms with E-state index in [1.54, 1.807) is 19.2 Å². The third-order valence-corrected chi connectivity index (χ3v) is 1.68. The molecule has 0 aliphatic carbocycles. The molecule has 1 aromatic rings. The second kappa shape index (κ2) is 4.68. The molecule has 0 aromatic carbocycles. The SMILES string of the molecule is CC#CCN(C)c1ccnc(Cl)n1. The Morgan fingerprint density at radius 1 is 1.62 bits per heavy atom. The number of hydrogen-bond acceptors (Lipinski definition) is 3. The van der Waals surface area contributed by atoms with Crippen LogP contribution in [-0.4, -0.2) is 23.6 Å². The molecule has 0 fully saturated rings. The van der Waals surface area contributed by atoms with Gasteiger partial charge in [-0.3, -0.25) is 0 Å². The fourth-order valence-corrected chi connectivity index (χ4v) is 0.960. The average Bonchev–Trinajstić information content (AvgIpc) is 2.14. The quantitative estimate of drug-likeness (QED) is 0.530. The molecule has 3 nitrogen and oxygen atoms in total. The Hall–Kier alpha value is -1.27. The summed E-state index contributed by atoms with van der Waals surface area (Å²) in [7, 11) is 1.91. The maximum absolute atomic E-state index is 5.64. The molecule has 4 heteroatoms. The van der Waals surface area contributed by atoms with E-state index in [1.807, 2.05) is 11.9 Å². The van der Waals surface area contributed by atoms with Gasteiger partial charge in [0.15, 0.2) is 0 Å². The monoisotopic (exact) mass is 195 g/mol. The van der Waals surface area contributed by atoms with Crippen LogP contribution in [0.25, 0.3) is 0 Å². The Morgan fingerprint density at radius 3 is 3.00 bits per heavy atom. The van der Waals surface area contributed by atoms with Gasteiger partial charge in [0.05, 0.1) is 6.54 Å². The van der Waals surface area contributed by atoms with E-state index in [0.29, 0.717) is 6.54 Å². The van der Waals surface area contributed by atoms with E-state index in [1.165, 1.54) is 0 Å². The maximum Gasteiger partial charge on any atom is 0.224 e. The fourth-order valence-electron chi connectivity index (χ4n) is 0.817. The first kappa shape index (κ1) is 9.82. The van der Waals surface area contributed by atoms with E-state index in [4.69, 9.17) is 11.6 Å². The third-order valence-electron chi connectivity index (χ3n) is 1.50. The molecule has 0 saturated carbocycles. The average molecular weight is 196 g/mol. The minimum Gasteiger partial charge on any atom is -0.348 e. The van der Waals surface area contributed by atoms with Crippen molar-refractivity contribution in [1.82, 2.24) is 9.97 Å². The van der Waals surface area contributed by atoms with Gasteiger partial charge in [0, 0.05) is 13.2 Å². The lowest BCUT2D eigenvalue weighted by molar-refractivity contribution is 0.988. The molecule has 0 unspecified atom stereocenters. The van der Waals surface area contributed by atoms with Crippen molar-refractivity contribution < 1.29 is 0 Å². The number of aromatic nitrogens is 2. The minimum absolute atomic E-state index is 0.258. The van der Waals surface area contributed by atoms with Gasteiger partial charge in [-0.1, -0.05) is 5.92 Å². The molecule has 68 valence electrons. The largest absolute Gasteiger partial charge is 0.348 e. The summed E-state index contributed by atoms with van der Waals surface area (Å²) in [5.74, 6) is 6.53. The van der Waals surface area contributed by atoms with Crippen LogP contribution in [0.4, 0.5) is 5.82 Å². The van der Waals surface area contributed by atoms with Crippen molar-refractivity contribution in [1.29, 1.82) is 0 Å². The van der Waals surface area contributed by atoms with Gasteiger partial charge in [0.25, 0.3) is 0 Å². The third kappa shape index (κ3) is 2.92. The maximum atomic E-state index is 5.64. The molecule has 13 heavy (non-hydrogen) atoms. The van der Waals surface area contributed by atoms with Crippen LogP contribution in [0.5, 0.6) is 0 Å². The molecule has 0 saturated heterocycles. The number of nitrogens with zero attached hydrogens (tertiary/aromatic N) is 3. The van der Waals surface area contributed by atoms with Gasteiger partial charge in [-0.05, 0) is 24.6 Å². The van der Waals surface area contributed by atoms with E-state index in [9.17, 15) is 0 Å². The summed E-state index contributed by atoms with van der Waals surface area (Å²) in [4.78, 5) is 9.74. The van der Waals surface area contributed by atoms with Crippen LogP contribution in [0.1, 0.15) is 6.92 Å². The van der Waals surface area contributed by atoms with Gasteiger partial charge in [-0.2, -0.15) is 0 Å². The van der Waals surface area contributed by atoms with Crippen molar-refractivity contribution >= 4 is 17.4 Å². The predicted octanol–water partition coefficient (Wildman–Crippen LogP) is 1.59. The Balaban J connectivity index is 2.74. The summed E-state index contributed by atoms with van der Waals surface area (Å²) < 4.78 is 0. The molecule has 1 heterocycles. The zero-order valence-electron chi connectivity index (χ0n) is 7.58. The summed E-state index contributed by atoms with van der Waals surface area (Å²) in [5.41, 5.74) is 0. The number of anilines is 1. The second-order valence-corrected chi connectivity index (χ2v) is 2.80. The van der Waals surface area contributed by atoms with Gasteiger partial charge in [0.2, 0.25) is 5.28 Å². The van der Waals surface area contributed by atoms with Crippen LogP contribution in [0.15, 0.2) is 12.3 Å². The zero-order chi connectivity index (χ0) is 9.68. The van der Waals surface area contributed by atoms with Crippen LogP contribution in [0.2, 0.25) is 5.28 Å². The van der Waals surface area contributed by atoms with Crippen LogP contribution < -0.4 is 4.90 Å². The first-order valence-electron chi connectivity index (χ1n) is 3.83. The predicted molar refractivity (Wildman–Crippen MR) is 53.8 cm³/mol. The van der Waals surface area contributed by atoms with E-state index >= 15 is 0 Å². The van der Waals surface area contributed by atoms with Crippen molar-refractivity contribution in [3.8, 4) is 11.8 Å². The molecule has 1 aromatic heterocycles. The Morgan fingerprint density at radius 2 is 2.38 bits per heavy atom. The summed E-state index contributed by atoms with van der Waals surface area (Å²) >= 11 is 5.64. The summed E-state index contributed by atoms with van der Waals surface area (Å²) in [6.07, 6.45) is 1.63. The molecule has 0 radical (unpaired) electrons. The van der Waals surface area contributed by atoms with Crippen molar-refractivity contribution in [3.05, 3.63) is 17.5 Å². The number of rotatable bonds is 2. The van der Waals surface area contributed by atoms with Crippen LogP contribution in [0.3, 0.4) is 0 Å². The number of halogens is 1. The lowest BCUT2D eigenvalue weighted by Gasteiger charge is -2.13. The highest BCUT2D eigenvalue weighted by molar-refractivity contribution is 6.28. The highest BCUT2D eigenvalue weighted by atomic mass is 35.5. The fraction of sp³-hybridized carbons (Fsp3) is 0.333. The highest BCUT2D eigenvalue weighted by Gasteiger charge is 2.00. The lowest BCUT2D eigenvalue weighted by atomic mass is 10.5. The van der Waals surface area contributed by atoms with Crippen molar-refractivity contribution in [2.24, 2.45) is 0 Å². The van der Waals surface area contributed by atoms with Gasteiger partial charge in [-0.25, -0.2) is 9.97 Å². The van der Waals surface area contributed by atoms with E-state index in [2.05, 4.69) is 21.8 Å². The molecule has 0 aliphatic rings. The summed E-state index contributed by atoms with van der Waals surface area (Å²) in [6.45, 7) is 2.45. The smallest absolute Gasteiger partial charge is 0.224 e. The first-order valence-corrected chi connectivity index (χ1v) is 4.21. The molecule has 0 aliphatic heterocycles. The Kier molecular flexibility index (Phi) is 3.53. The molecule has 0 bridgehead atoms. The minimum atomic E-state index is 0.258. The van der Waals surface area contributed by atoms with Crippen LogP contribution in [0, 0.1) is 11.8 Å². The van der Waals surface area contributed by atoms with Gasteiger partial charge < -0.3 is 4.90 Å². The second-order valence-electron chi connectivity index (χ2n) is 2.47. The van der Waals surface area contributed by atoms with Gasteiger partial charge >= 0.3 is 0 Å². The van der Waals surface area contributed by atoms with Crippen molar-refractivity contribution in [3.63, 3.8) is 0 Å². The molecule has 0 N–H and O–H groups in total. The normalized spacial score (nSPS) is 8.85. The van der Waals surface area contributed by atoms with E-state index in [-0.39, 0.29) is 5.28 Å². The van der Waals surface area contributed by atoms with E-state index in [0.717, 1.165) is 5.82 Å². The van der Waals surface area contributed by atoms with Gasteiger partial charge in [-0.15, -0.1) is 5.92 Å².